The molecule has 1 amide bonds. The van der Waals surface area contributed by atoms with E-state index < -0.39 is 14.0 Å². The van der Waals surface area contributed by atoms with Crippen LogP contribution < -0.4 is 14.4 Å². The number of anilines is 1. The number of aryl methyl sites for hydroxylation is 5. The van der Waals surface area contributed by atoms with Crippen LogP contribution in [-0.2, 0) is 34.4 Å². The van der Waals surface area contributed by atoms with Crippen LogP contribution in [0.25, 0.3) is 32.9 Å². The molecule has 1 aliphatic rings. The van der Waals surface area contributed by atoms with Gasteiger partial charge < -0.3 is 37.7 Å². The minimum Gasteiger partial charge on any atom is -0.494 e. The predicted octanol–water partition coefficient (Wildman–Crippen LogP) is 10.9. The minimum absolute atomic E-state index is 0.178. The molecule has 15 heteroatoms. The Balaban J connectivity index is 1.37. The third-order valence-corrected chi connectivity index (χ3v) is 14.6. The minimum atomic E-state index is -1.27. The van der Waals surface area contributed by atoms with Gasteiger partial charge in [0.05, 0.1) is 47.8 Å². The molecule has 4 heterocycles. The van der Waals surface area contributed by atoms with Crippen LogP contribution >= 0.6 is 23.2 Å². The predicted molar refractivity (Wildman–Crippen MR) is 255 cm³/mol. The lowest BCUT2D eigenvalue weighted by Gasteiger charge is -2.35. The molecular formula is C48H59Cl2N5O7Si. The van der Waals surface area contributed by atoms with E-state index in [-0.39, 0.29) is 11.9 Å². The molecule has 0 spiro atoms. The zero-order chi connectivity index (χ0) is 45.5. The second-order valence-electron chi connectivity index (χ2n) is 17.8. The maximum absolute atomic E-state index is 15.6. The van der Waals surface area contributed by atoms with Gasteiger partial charge in [-0.1, -0.05) is 48.9 Å². The summed E-state index contributed by atoms with van der Waals surface area (Å²) in [4.78, 5) is 30.4. The Kier molecular flexibility index (Phi) is 13.7. The van der Waals surface area contributed by atoms with Gasteiger partial charge in [0.15, 0.2) is 0 Å². The number of fused-ring (bicyclic) bond motifs is 4. The van der Waals surface area contributed by atoms with Gasteiger partial charge >= 0.3 is 5.97 Å². The third-order valence-electron chi connectivity index (χ3n) is 12.0. The molecule has 6 aromatic rings. The Morgan fingerprint density at radius 2 is 1.59 bits per heavy atom. The van der Waals surface area contributed by atoms with Crippen LogP contribution in [0.15, 0.2) is 42.5 Å². The summed E-state index contributed by atoms with van der Waals surface area (Å²) >= 11 is 13.8. The lowest BCUT2D eigenvalue weighted by molar-refractivity contribution is 0.0590. The smallest absolute Gasteiger partial charge is 0.354 e. The Morgan fingerprint density at radius 3 is 2.27 bits per heavy atom. The molecule has 0 radical (unpaired) electrons. The Hall–Kier alpha value is -4.79. The zero-order valence-electron chi connectivity index (χ0n) is 38.3. The van der Waals surface area contributed by atoms with Crippen molar-refractivity contribution in [3.05, 3.63) is 92.0 Å². The molecule has 0 N–H and O–H groups in total. The van der Waals surface area contributed by atoms with E-state index in [9.17, 15) is 4.79 Å². The highest BCUT2D eigenvalue weighted by molar-refractivity contribution is 6.76. The maximum atomic E-state index is 15.6. The van der Waals surface area contributed by atoms with Crippen molar-refractivity contribution in [3.8, 4) is 22.6 Å². The molecule has 63 heavy (non-hydrogen) atoms. The van der Waals surface area contributed by atoms with E-state index in [0.29, 0.717) is 85.9 Å². The number of hydrogen-bond acceptors (Lipinski definition) is 8. The van der Waals surface area contributed by atoms with Gasteiger partial charge in [-0.15, -0.1) is 0 Å². The molecule has 0 unspecified atom stereocenters. The highest BCUT2D eigenvalue weighted by atomic mass is 35.5. The molecule has 7 rings (SSSR count). The van der Waals surface area contributed by atoms with Crippen molar-refractivity contribution in [2.75, 3.05) is 52.1 Å². The molecule has 0 bridgehead atoms. The van der Waals surface area contributed by atoms with Crippen LogP contribution in [0.2, 0.25) is 35.7 Å². The standard InChI is InChI=1S/C48H59Cl2N5O7Si/c1-28-21-34(22-29(2)43(28)50)61-16-12-13-36-37-14-15-38(49)42(41-31(4)51-54(32(41)5)27-60-19-20-63(9,10)11)45(37)55-30(3)26-53(47(56)46(36)55)39-25-35(62-18-17-58-7)23-33-24-40(48(57)59-8)52(6)44(33)39/h14-15,21-25,30H,12-13,16-20,26-27H2,1-11H3/t30-/m1/s1. The summed E-state index contributed by atoms with van der Waals surface area (Å²) in [5, 5.41) is 7.93. The number of nitrogens with zero attached hydrogens (tertiary/aromatic N) is 5. The van der Waals surface area contributed by atoms with Crippen LogP contribution in [0.3, 0.4) is 0 Å². The highest BCUT2D eigenvalue weighted by Gasteiger charge is 2.38. The number of halogens is 2. The first-order valence-electron chi connectivity index (χ1n) is 21.5. The van der Waals surface area contributed by atoms with Crippen molar-refractivity contribution >= 4 is 70.6 Å². The largest absolute Gasteiger partial charge is 0.494 e. The number of amides is 1. The molecule has 0 saturated carbocycles. The summed E-state index contributed by atoms with van der Waals surface area (Å²) in [6.45, 7) is 19.6. The molecule has 1 atom stereocenters. The van der Waals surface area contributed by atoms with Crippen molar-refractivity contribution in [2.45, 2.75) is 85.9 Å². The Bertz CT molecular complexity index is 2690. The number of ether oxygens (including phenoxy) is 5. The normalized spacial score (nSPS) is 14.3. The maximum Gasteiger partial charge on any atom is 0.354 e. The lowest BCUT2D eigenvalue weighted by Crippen LogP contribution is -2.43. The number of benzene rings is 3. The van der Waals surface area contributed by atoms with Crippen molar-refractivity contribution in [3.63, 3.8) is 0 Å². The summed E-state index contributed by atoms with van der Waals surface area (Å²) in [5.41, 5.74) is 9.46. The Labute approximate surface area is 380 Å². The number of esters is 1. The van der Waals surface area contributed by atoms with Gasteiger partial charge in [-0.2, -0.15) is 5.10 Å². The van der Waals surface area contributed by atoms with E-state index in [0.717, 1.165) is 72.3 Å². The van der Waals surface area contributed by atoms with Crippen molar-refractivity contribution in [1.29, 1.82) is 0 Å². The van der Waals surface area contributed by atoms with E-state index in [1.807, 2.05) is 73.8 Å². The molecule has 0 aliphatic carbocycles. The van der Waals surface area contributed by atoms with E-state index in [2.05, 4.69) is 38.1 Å². The fourth-order valence-electron chi connectivity index (χ4n) is 8.80. The van der Waals surface area contributed by atoms with Crippen molar-refractivity contribution in [2.24, 2.45) is 7.05 Å². The van der Waals surface area contributed by atoms with Crippen LogP contribution in [0, 0.1) is 27.7 Å². The van der Waals surface area contributed by atoms with E-state index in [1.54, 1.807) is 17.7 Å². The average Bonchev–Trinajstić information content (AvgIpc) is 3.85. The number of rotatable bonds is 17. The summed E-state index contributed by atoms with van der Waals surface area (Å²) in [7, 11) is 3.51. The van der Waals surface area contributed by atoms with Gasteiger partial charge in [0.2, 0.25) is 0 Å². The fraction of sp³-hybridized carbons (Fsp3) is 0.438. The van der Waals surface area contributed by atoms with Crippen molar-refractivity contribution in [1.82, 2.24) is 18.9 Å². The quantitative estimate of drug-likeness (QED) is 0.0505. The molecule has 3 aromatic heterocycles. The highest BCUT2D eigenvalue weighted by Crippen LogP contribution is 2.46. The van der Waals surface area contributed by atoms with E-state index in [4.69, 9.17) is 52.0 Å². The molecule has 3 aromatic carbocycles. The molecule has 12 nitrogen and oxygen atoms in total. The van der Waals surface area contributed by atoms with Crippen LogP contribution in [0.1, 0.15) is 68.4 Å². The SMILES string of the molecule is COCCOc1cc(N2C[C@@H](C)n3c(c(CCCOc4cc(C)c(Cl)c(C)c4)c4ccc(Cl)c(-c5c(C)nn(COCC[Si](C)(C)C)c5C)c43)C2=O)c2c(c1)cc(C(=O)OC)n2C. The summed E-state index contributed by atoms with van der Waals surface area (Å²) in [6, 6.07) is 14.2. The number of carbonyl (C=O) groups is 2. The lowest BCUT2D eigenvalue weighted by atomic mass is 9.98. The van der Waals surface area contributed by atoms with Gasteiger partial charge in [-0.05, 0) is 101 Å². The zero-order valence-corrected chi connectivity index (χ0v) is 40.8. The molecular weight excluding hydrogens is 858 g/mol. The van der Waals surface area contributed by atoms with Gasteiger partial charge in [-0.3, -0.25) is 4.79 Å². The van der Waals surface area contributed by atoms with E-state index >= 15 is 4.79 Å². The number of methoxy groups -OCH3 is 2. The summed E-state index contributed by atoms with van der Waals surface area (Å²) < 4.78 is 34.9. The molecule has 336 valence electrons. The first kappa shape index (κ1) is 46.2. The summed E-state index contributed by atoms with van der Waals surface area (Å²) in [5.74, 6) is 0.642. The van der Waals surface area contributed by atoms with Gasteiger partial charge in [0.1, 0.15) is 36.2 Å². The Morgan fingerprint density at radius 1 is 0.889 bits per heavy atom. The fourth-order valence-corrected chi connectivity index (χ4v) is 9.91. The first-order valence-corrected chi connectivity index (χ1v) is 25.9. The van der Waals surface area contributed by atoms with E-state index in [1.165, 1.54) is 7.11 Å². The topological polar surface area (TPSA) is 111 Å². The number of carbonyl (C=O) groups excluding carboxylic acids is 2. The second-order valence-corrected chi connectivity index (χ2v) is 24.2. The monoisotopic (exact) mass is 915 g/mol. The first-order chi connectivity index (χ1) is 29.9. The van der Waals surface area contributed by atoms with Crippen molar-refractivity contribution < 1.29 is 33.3 Å². The number of hydrogen-bond donors (Lipinski definition) is 0. The van der Waals surface area contributed by atoms with Crippen LogP contribution in [0.5, 0.6) is 11.5 Å². The third kappa shape index (κ3) is 9.13. The molecule has 1 aliphatic heterocycles. The average molecular weight is 917 g/mol. The second kappa shape index (κ2) is 18.7. The van der Waals surface area contributed by atoms with Crippen LogP contribution in [0.4, 0.5) is 5.69 Å². The molecule has 0 fully saturated rings. The van der Waals surface area contributed by atoms with Gasteiger partial charge in [-0.25, -0.2) is 9.48 Å². The summed E-state index contributed by atoms with van der Waals surface area (Å²) in [6.07, 6.45) is 1.18. The van der Waals surface area contributed by atoms with Crippen LogP contribution in [-0.4, -0.2) is 86.1 Å². The number of aromatic nitrogens is 4. The van der Waals surface area contributed by atoms with Gasteiger partial charge in [0.25, 0.3) is 5.91 Å². The molecule has 0 saturated heterocycles. The van der Waals surface area contributed by atoms with Gasteiger partial charge in [0, 0.05) is 80.1 Å².